The second-order valence-electron chi connectivity index (χ2n) is 6.97. The number of benzene rings is 1. The number of H-pyrrole nitrogens is 1. The van der Waals surface area contributed by atoms with Crippen molar-refractivity contribution in [1.29, 1.82) is 0 Å². The topological polar surface area (TPSA) is 84.3 Å². The second-order valence-corrected chi connectivity index (χ2v) is 6.97. The fraction of sp³-hybridized carbons (Fsp3) is 0.200. The Bertz CT molecular complexity index is 1240. The summed E-state index contributed by atoms with van der Waals surface area (Å²) in [6, 6.07) is 8.86. The van der Waals surface area contributed by atoms with Crippen molar-refractivity contribution >= 4 is 5.69 Å². The van der Waals surface area contributed by atoms with E-state index in [0.29, 0.717) is 23.5 Å². The SMILES string of the molecule is FC(F)(F)Nc1ccccc1CCn1cnc(-c2cc(-c3n[nH]nc3C(F)(F)F)ccn2)c1. The zero-order chi connectivity index (χ0) is 23.6. The molecule has 3 aromatic heterocycles. The molecule has 4 aromatic rings. The van der Waals surface area contributed by atoms with Crippen molar-refractivity contribution in [3.8, 4) is 22.6 Å². The first kappa shape index (κ1) is 22.3. The number of hydrogen-bond donors (Lipinski definition) is 2. The lowest BCUT2D eigenvalue weighted by molar-refractivity contribution is -0.140. The van der Waals surface area contributed by atoms with E-state index in [9.17, 15) is 26.3 Å². The van der Waals surface area contributed by atoms with Crippen LogP contribution in [0.25, 0.3) is 22.6 Å². The molecule has 0 bridgehead atoms. The van der Waals surface area contributed by atoms with Gasteiger partial charge in [-0.3, -0.25) is 10.3 Å². The smallest absolute Gasteiger partial charge is 0.336 e. The first-order valence-electron chi connectivity index (χ1n) is 9.49. The zero-order valence-corrected chi connectivity index (χ0v) is 16.6. The van der Waals surface area contributed by atoms with Crippen molar-refractivity contribution in [2.45, 2.75) is 25.4 Å². The summed E-state index contributed by atoms with van der Waals surface area (Å²) in [6.07, 6.45) is -4.52. The van der Waals surface area contributed by atoms with Crippen LogP contribution in [0.4, 0.5) is 32.0 Å². The Hall–Kier alpha value is -3.90. The first-order chi connectivity index (χ1) is 15.6. The van der Waals surface area contributed by atoms with Crippen LogP contribution in [0, 0.1) is 0 Å². The standard InChI is InChI=1S/C20H15F6N7/c21-19(22,23)18-17(30-32-31-18)13-5-7-27-15(9-13)16-10-33(11-28-16)8-6-12-3-1-2-4-14(12)29-20(24,25)26/h1-5,7,9-11,29H,6,8H2,(H,30,31,32). The van der Waals surface area contributed by atoms with Gasteiger partial charge in [0.05, 0.1) is 12.0 Å². The molecule has 4 rings (SSSR count). The predicted molar refractivity (Wildman–Crippen MR) is 106 cm³/mol. The van der Waals surface area contributed by atoms with Crippen molar-refractivity contribution < 1.29 is 26.3 Å². The third kappa shape index (κ3) is 5.30. The molecule has 0 spiro atoms. The molecule has 3 heterocycles. The Labute approximate surface area is 182 Å². The molecule has 0 atom stereocenters. The van der Waals surface area contributed by atoms with Gasteiger partial charge in [0.2, 0.25) is 0 Å². The van der Waals surface area contributed by atoms with Gasteiger partial charge in [-0.1, -0.05) is 18.2 Å². The number of anilines is 1. The highest BCUT2D eigenvalue weighted by molar-refractivity contribution is 5.67. The fourth-order valence-electron chi connectivity index (χ4n) is 3.22. The highest BCUT2D eigenvalue weighted by Gasteiger charge is 2.38. The number of para-hydroxylation sites is 1. The van der Waals surface area contributed by atoms with E-state index in [-0.39, 0.29) is 23.4 Å². The molecule has 2 N–H and O–H groups in total. The Kier molecular flexibility index (Phi) is 5.78. The van der Waals surface area contributed by atoms with Gasteiger partial charge in [0.15, 0.2) is 5.69 Å². The molecule has 0 amide bonds. The van der Waals surface area contributed by atoms with Crippen LogP contribution in [0.3, 0.4) is 0 Å². The first-order valence-corrected chi connectivity index (χ1v) is 9.49. The van der Waals surface area contributed by atoms with Gasteiger partial charge in [-0.25, -0.2) is 4.98 Å². The molecule has 0 saturated heterocycles. The maximum atomic E-state index is 13.1. The number of aromatic amines is 1. The lowest BCUT2D eigenvalue weighted by atomic mass is 10.1. The molecule has 0 aliphatic carbocycles. The van der Waals surface area contributed by atoms with Crippen LogP contribution in [0.5, 0.6) is 0 Å². The number of pyridine rings is 1. The molecule has 0 fully saturated rings. The van der Waals surface area contributed by atoms with Gasteiger partial charge >= 0.3 is 12.5 Å². The van der Waals surface area contributed by atoms with Gasteiger partial charge in [0.1, 0.15) is 11.4 Å². The number of aromatic nitrogens is 6. The Balaban J connectivity index is 1.52. The van der Waals surface area contributed by atoms with Crippen LogP contribution >= 0.6 is 0 Å². The number of halogens is 6. The van der Waals surface area contributed by atoms with Crippen molar-refractivity contribution in [1.82, 2.24) is 29.9 Å². The Morgan fingerprint density at radius 2 is 1.73 bits per heavy atom. The third-order valence-electron chi connectivity index (χ3n) is 4.68. The van der Waals surface area contributed by atoms with Crippen LogP contribution in [-0.2, 0) is 19.1 Å². The molecule has 0 aliphatic heterocycles. The van der Waals surface area contributed by atoms with E-state index in [4.69, 9.17) is 0 Å². The lowest BCUT2D eigenvalue weighted by Crippen LogP contribution is -2.21. The van der Waals surface area contributed by atoms with Crippen LogP contribution < -0.4 is 5.32 Å². The molecule has 0 saturated carbocycles. The summed E-state index contributed by atoms with van der Waals surface area (Å²) in [7, 11) is 0. The van der Waals surface area contributed by atoms with E-state index in [2.05, 4.69) is 20.2 Å². The maximum Gasteiger partial charge on any atom is 0.482 e. The van der Waals surface area contributed by atoms with Gasteiger partial charge in [0.25, 0.3) is 0 Å². The molecule has 0 aliphatic rings. The normalized spacial score (nSPS) is 12.2. The van der Waals surface area contributed by atoms with Crippen molar-refractivity contribution in [2.75, 3.05) is 5.32 Å². The lowest BCUT2D eigenvalue weighted by Gasteiger charge is -2.14. The van der Waals surface area contributed by atoms with E-state index < -0.39 is 18.2 Å². The largest absolute Gasteiger partial charge is 0.482 e. The Morgan fingerprint density at radius 1 is 0.939 bits per heavy atom. The summed E-state index contributed by atoms with van der Waals surface area (Å²) < 4.78 is 79.1. The van der Waals surface area contributed by atoms with E-state index in [1.54, 1.807) is 22.9 Å². The molecule has 7 nitrogen and oxygen atoms in total. The highest BCUT2D eigenvalue weighted by Crippen LogP contribution is 2.34. The monoisotopic (exact) mass is 467 g/mol. The summed E-state index contributed by atoms with van der Waals surface area (Å²) >= 11 is 0. The van der Waals surface area contributed by atoms with Crippen molar-refractivity contribution in [2.24, 2.45) is 0 Å². The number of rotatable bonds is 6. The van der Waals surface area contributed by atoms with Crippen LogP contribution in [-0.4, -0.2) is 36.2 Å². The quantitative estimate of drug-likeness (QED) is 0.311. The van der Waals surface area contributed by atoms with Crippen LogP contribution in [0.1, 0.15) is 11.3 Å². The minimum absolute atomic E-state index is 0.0345. The molecular formula is C20H15F6N7. The van der Waals surface area contributed by atoms with E-state index >= 15 is 0 Å². The zero-order valence-electron chi connectivity index (χ0n) is 16.6. The third-order valence-corrected chi connectivity index (χ3v) is 4.68. The van der Waals surface area contributed by atoms with E-state index in [1.165, 1.54) is 42.1 Å². The highest BCUT2D eigenvalue weighted by atomic mass is 19.4. The van der Waals surface area contributed by atoms with Crippen molar-refractivity contribution in [3.05, 3.63) is 66.4 Å². The van der Waals surface area contributed by atoms with E-state index in [0.717, 1.165) is 0 Å². The molecule has 0 radical (unpaired) electrons. The van der Waals surface area contributed by atoms with E-state index in [1.807, 2.05) is 5.21 Å². The molecule has 172 valence electrons. The summed E-state index contributed by atoms with van der Waals surface area (Å²) in [5, 5.41) is 10.3. The average Bonchev–Trinajstić information content (AvgIpc) is 3.42. The Morgan fingerprint density at radius 3 is 2.48 bits per heavy atom. The number of alkyl halides is 6. The molecule has 1 aromatic carbocycles. The summed E-state index contributed by atoms with van der Waals surface area (Å²) in [6.45, 7) is 0.324. The summed E-state index contributed by atoms with van der Waals surface area (Å²) in [4.78, 5) is 8.36. The fourth-order valence-corrected chi connectivity index (χ4v) is 3.22. The van der Waals surface area contributed by atoms with Gasteiger partial charge in [-0.2, -0.15) is 41.8 Å². The summed E-state index contributed by atoms with van der Waals surface area (Å²) in [5.74, 6) is 0. The predicted octanol–water partition coefficient (Wildman–Crippen LogP) is 4.92. The minimum atomic E-state index is -4.68. The summed E-state index contributed by atoms with van der Waals surface area (Å²) in [5.41, 5.74) is -0.223. The number of nitrogens with one attached hydrogen (secondary N) is 2. The van der Waals surface area contributed by atoms with Gasteiger partial charge in [-0.05, 0) is 30.2 Å². The van der Waals surface area contributed by atoms with Crippen molar-refractivity contribution in [3.63, 3.8) is 0 Å². The number of nitrogens with zero attached hydrogens (tertiary/aromatic N) is 5. The minimum Gasteiger partial charge on any atom is -0.336 e. The molecule has 13 heteroatoms. The van der Waals surface area contributed by atoms with Gasteiger partial charge in [0, 0.05) is 30.2 Å². The molecular weight excluding hydrogens is 452 g/mol. The molecule has 33 heavy (non-hydrogen) atoms. The number of hydrogen-bond acceptors (Lipinski definition) is 5. The number of imidazole rings is 1. The maximum absolute atomic E-state index is 13.1. The average molecular weight is 467 g/mol. The number of aryl methyl sites for hydroxylation is 2. The van der Waals surface area contributed by atoms with Crippen LogP contribution in [0.15, 0.2) is 55.1 Å². The second kappa shape index (κ2) is 8.56. The van der Waals surface area contributed by atoms with Crippen LogP contribution in [0.2, 0.25) is 0 Å². The van der Waals surface area contributed by atoms with Gasteiger partial charge < -0.3 is 4.57 Å². The van der Waals surface area contributed by atoms with Gasteiger partial charge in [-0.15, -0.1) is 0 Å². The molecule has 0 unspecified atom stereocenters.